The Labute approximate surface area is 116 Å². The fraction of sp³-hybridized carbons (Fsp3) is 0.800. The standard InChI is InChI=1S/C15H25ClN2/c1-12(10-13(2)16)11-14-8-9-18(17-14)15-6-4-3-5-7-15/h8-9,12-13,15H,3-7,10-11H2,1-2H3. The number of hydrogen-bond donors (Lipinski definition) is 0. The van der Waals surface area contributed by atoms with E-state index < -0.39 is 0 Å². The number of alkyl halides is 1. The van der Waals surface area contributed by atoms with Gasteiger partial charge >= 0.3 is 0 Å². The number of nitrogens with zero attached hydrogens (tertiary/aromatic N) is 2. The van der Waals surface area contributed by atoms with E-state index in [-0.39, 0.29) is 5.38 Å². The molecule has 102 valence electrons. The Morgan fingerprint density at radius 3 is 2.72 bits per heavy atom. The predicted octanol–water partition coefficient (Wildman–Crippen LogP) is 4.58. The van der Waals surface area contributed by atoms with Crippen molar-refractivity contribution in [3.63, 3.8) is 0 Å². The minimum absolute atomic E-state index is 0.264. The maximum absolute atomic E-state index is 6.04. The molecule has 1 aliphatic rings. The van der Waals surface area contributed by atoms with E-state index in [0.29, 0.717) is 12.0 Å². The summed E-state index contributed by atoms with van der Waals surface area (Å²) in [6, 6.07) is 2.83. The van der Waals surface area contributed by atoms with Crippen LogP contribution < -0.4 is 0 Å². The molecule has 0 radical (unpaired) electrons. The van der Waals surface area contributed by atoms with Crippen LogP contribution >= 0.6 is 11.6 Å². The summed E-state index contributed by atoms with van der Waals surface area (Å²) in [4.78, 5) is 0. The van der Waals surface area contributed by atoms with Crippen molar-refractivity contribution in [2.24, 2.45) is 5.92 Å². The van der Waals surface area contributed by atoms with E-state index in [2.05, 4.69) is 30.8 Å². The number of aromatic nitrogens is 2. The molecule has 18 heavy (non-hydrogen) atoms. The van der Waals surface area contributed by atoms with Gasteiger partial charge in [0.05, 0.1) is 11.7 Å². The molecule has 2 nitrogen and oxygen atoms in total. The summed E-state index contributed by atoms with van der Waals surface area (Å²) < 4.78 is 2.20. The molecule has 0 amide bonds. The molecule has 1 heterocycles. The third-order valence-electron chi connectivity index (χ3n) is 3.90. The average Bonchev–Trinajstić information content (AvgIpc) is 2.77. The predicted molar refractivity (Wildman–Crippen MR) is 77.1 cm³/mol. The summed E-state index contributed by atoms with van der Waals surface area (Å²) in [5.74, 6) is 0.618. The lowest BCUT2D eigenvalue weighted by Gasteiger charge is -2.21. The molecule has 0 spiro atoms. The van der Waals surface area contributed by atoms with Gasteiger partial charge in [-0.05, 0) is 44.6 Å². The van der Waals surface area contributed by atoms with E-state index in [1.165, 1.54) is 37.8 Å². The van der Waals surface area contributed by atoms with Crippen LogP contribution in [0.15, 0.2) is 12.3 Å². The quantitative estimate of drug-likeness (QED) is 0.715. The fourth-order valence-corrected chi connectivity index (χ4v) is 3.33. The molecule has 2 atom stereocenters. The van der Waals surface area contributed by atoms with Crippen molar-refractivity contribution < 1.29 is 0 Å². The van der Waals surface area contributed by atoms with Crippen LogP contribution in [0.2, 0.25) is 0 Å². The van der Waals surface area contributed by atoms with Gasteiger partial charge in [-0.3, -0.25) is 4.68 Å². The monoisotopic (exact) mass is 268 g/mol. The second kappa shape index (κ2) is 6.60. The van der Waals surface area contributed by atoms with Gasteiger partial charge in [-0.1, -0.05) is 26.2 Å². The smallest absolute Gasteiger partial charge is 0.0627 e. The summed E-state index contributed by atoms with van der Waals surface area (Å²) in [7, 11) is 0. The van der Waals surface area contributed by atoms with E-state index in [1.54, 1.807) is 0 Å². The maximum Gasteiger partial charge on any atom is 0.0627 e. The molecule has 2 rings (SSSR count). The molecule has 1 saturated carbocycles. The van der Waals surface area contributed by atoms with Gasteiger partial charge in [-0.25, -0.2) is 0 Å². The lowest BCUT2D eigenvalue weighted by molar-refractivity contribution is 0.327. The molecule has 3 heteroatoms. The van der Waals surface area contributed by atoms with Gasteiger partial charge in [0, 0.05) is 11.6 Å². The topological polar surface area (TPSA) is 17.8 Å². The van der Waals surface area contributed by atoms with Crippen molar-refractivity contribution in [2.45, 2.75) is 70.2 Å². The number of halogens is 1. The summed E-state index contributed by atoms with van der Waals surface area (Å²) in [5.41, 5.74) is 1.23. The van der Waals surface area contributed by atoms with Gasteiger partial charge in [-0.15, -0.1) is 11.6 Å². The zero-order valence-corrected chi connectivity index (χ0v) is 12.4. The Morgan fingerprint density at radius 1 is 1.33 bits per heavy atom. The maximum atomic E-state index is 6.04. The third-order valence-corrected chi connectivity index (χ3v) is 4.08. The molecule has 0 saturated heterocycles. The molecule has 1 aromatic heterocycles. The van der Waals surface area contributed by atoms with Crippen LogP contribution in [-0.4, -0.2) is 15.2 Å². The molecule has 2 unspecified atom stereocenters. The van der Waals surface area contributed by atoms with Crippen molar-refractivity contribution >= 4 is 11.6 Å². The van der Waals surface area contributed by atoms with Gasteiger partial charge in [-0.2, -0.15) is 5.10 Å². The molecule has 0 bridgehead atoms. The molecule has 0 N–H and O–H groups in total. The first-order valence-electron chi connectivity index (χ1n) is 7.33. The molecular weight excluding hydrogens is 244 g/mol. The zero-order chi connectivity index (χ0) is 13.0. The summed E-state index contributed by atoms with van der Waals surface area (Å²) in [5, 5.41) is 5.02. The molecule has 0 aliphatic heterocycles. The van der Waals surface area contributed by atoms with E-state index >= 15 is 0 Å². The zero-order valence-electron chi connectivity index (χ0n) is 11.6. The van der Waals surface area contributed by atoms with Crippen molar-refractivity contribution in [1.82, 2.24) is 9.78 Å². The van der Waals surface area contributed by atoms with Gasteiger partial charge in [0.15, 0.2) is 0 Å². The molecular formula is C15H25ClN2. The Balaban J connectivity index is 1.89. The van der Waals surface area contributed by atoms with Gasteiger partial charge in [0.1, 0.15) is 0 Å². The minimum Gasteiger partial charge on any atom is -0.269 e. The number of hydrogen-bond acceptors (Lipinski definition) is 1. The second-order valence-electron chi connectivity index (χ2n) is 5.90. The first-order valence-corrected chi connectivity index (χ1v) is 7.77. The van der Waals surface area contributed by atoms with Gasteiger partial charge < -0.3 is 0 Å². The largest absolute Gasteiger partial charge is 0.269 e. The highest BCUT2D eigenvalue weighted by molar-refractivity contribution is 6.20. The fourth-order valence-electron chi connectivity index (χ4n) is 3.03. The van der Waals surface area contributed by atoms with Crippen LogP contribution in [-0.2, 0) is 6.42 Å². The Hall–Kier alpha value is -0.500. The van der Waals surface area contributed by atoms with Crippen molar-refractivity contribution in [1.29, 1.82) is 0 Å². The van der Waals surface area contributed by atoms with E-state index in [1.807, 2.05) is 0 Å². The van der Waals surface area contributed by atoms with Gasteiger partial charge in [0.2, 0.25) is 0 Å². The van der Waals surface area contributed by atoms with Gasteiger partial charge in [0.25, 0.3) is 0 Å². The second-order valence-corrected chi connectivity index (χ2v) is 6.65. The molecule has 0 aromatic carbocycles. The summed E-state index contributed by atoms with van der Waals surface area (Å²) in [6.45, 7) is 4.33. The van der Waals surface area contributed by atoms with Crippen LogP contribution in [0.25, 0.3) is 0 Å². The van der Waals surface area contributed by atoms with E-state index in [4.69, 9.17) is 16.7 Å². The highest BCUT2D eigenvalue weighted by Gasteiger charge is 2.16. The van der Waals surface area contributed by atoms with E-state index in [9.17, 15) is 0 Å². The van der Waals surface area contributed by atoms with Crippen molar-refractivity contribution in [3.05, 3.63) is 18.0 Å². The van der Waals surface area contributed by atoms with Crippen LogP contribution in [0.4, 0.5) is 0 Å². The lowest BCUT2D eigenvalue weighted by Crippen LogP contribution is -2.14. The molecule has 1 fully saturated rings. The normalized spacial score (nSPS) is 20.8. The Kier molecular flexibility index (Phi) is 5.11. The van der Waals surface area contributed by atoms with Crippen LogP contribution in [0, 0.1) is 5.92 Å². The Morgan fingerprint density at radius 2 is 2.06 bits per heavy atom. The third kappa shape index (κ3) is 4.01. The highest BCUT2D eigenvalue weighted by Crippen LogP contribution is 2.27. The lowest BCUT2D eigenvalue weighted by atomic mass is 9.96. The van der Waals surface area contributed by atoms with E-state index in [0.717, 1.165) is 12.8 Å². The van der Waals surface area contributed by atoms with Crippen molar-refractivity contribution in [3.8, 4) is 0 Å². The SMILES string of the molecule is CC(Cl)CC(C)Cc1ccn(C2CCCCC2)n1. The van der Waals surface area contributed by atoms with Crippen molar-refractivity contribution in [2.75, 3.05) is 0 Å². The Bertz CT molecular complexity index is 353. The minimum atomic E-state index is 0.264. The summed E-state index contributed by atoms with van der Waals surface area (Å²) in [6.07, 6.45) is 11.0. The highest BCUT2D eigenvalue weighted by atomic mass is 35.5. The first-order chi connectivity index (χ1) is 8.65. The summed E-state index contributed by atoms with van der Waals surface area (Å²) >= 11 is 6.04. The average molecular weight is 269 g/mol. The first kappa shape index (κ1) is 13.9. The molecule has 1 aliphatic carbocycles. The van der Waals surface area contributed by atoms with Crippen LogP contribution in [0.5, 0.6) is 0 Å². The van der Waals surface area contributed by atoms with Crippen LogP contribution in [0.3, 0.4) is 0 Å². The molecule has 1 aromatic rings. The van der Waals surface area contributed by atoms with Crippen LogP contribution in [0.1, 0.15) is 64.1 Å². The number of rotatable bonds is 5.